The van der Waals surface area contributed by atoms with Crippen LogP contribution >= 0.6 is 0 Å². The molecule has 3 heterocycles. The van der Waals surface area contributed by atoms with Crippen molar-refractivity contribution in [2.45, 2.75) is 71.2 Å². The summed E-state index contributed by atoms with van der Waals surface area (Å²) in [6, 6.07) is 8.91. The molecule has 0 atom stereocenters. The van der Waals surface area contributed by atoms with E-state index in [0.29, 0.717) is 29.9 Å². The molecule has 3 aromatic heterocycles. The molecule has 1 aliphatic rings. The van der Waals surface area contributed by atoms with Crippen LogP contribution in [0.3, 0.4) is 0 Å². The Morgan fingerprint density at radius 3 is 2.38 bits per heavy atom. The summed E-state index contributed by atoms with van der Waals surface area (Å²) in [4.78, 5) is 21.3. The summed E-state index contributed by atoms with van der Waals surface area (Å²) in [6.07, 6.45) is 5.52. The smallest absolute Gasteiger partial charge is 0.296 e. The van der Waals surface area contributed by atoms with Gasteiger partial charge in [-0.2, -0.15) is 8.42 Å². The van der Waals surface area contributed by atoms with Crippen LogP contribution in [0.4, 0.5) is 5.82 Å². The number of carbonyl (C=O) groups is 1. The van der Waals surface area contributed by atoms with Crippen LogP contribution in [0.5, 0.6) is 0 Å². The summed E-state index contributed by atoms with van der Waals surface area (Å²) in [5.41, 5.74) is 10.1. The molecular formula is C28H33N5O5S. The van der Waals surface area contributed by atoms with Crippen LogP contribution in [0.25, 0.3) is 11.3 Å². The fourth-order valence-corrected chi connectivity index (χ4v) is 5.51. The molecular weight excluding hydrogens is 518 g/mol. The Kier molecular flexibility index (Phi) is 8.31. The van der Waals surface area contributed by atoms with Gasteiger partial charge in [0, 0.05) is 36.7 Å². The predicted molar refractivity (Wildman–Crippen MR) is 147 cm³/mol. The maximum atomic E-state index is 12.6. The lowest BCUT2D eigenvalue weighted by Crippen LogP contribution is -2.17. The SMILES string of the molecule is CCCc1nc2c(n1Cc1ccc(-c3nccc(C)c3S(=O)(=O)O)cc1)C(=O)CCC2.Cc1onc(N)c1C. The molecule has 0 fully saturated rings. The summed E-state index contributed by atoms with van der Waals surface area (Å²) in [7, 11) is -4.40. The number of Topliss-reactive ketones (excluding diaryl/α,β-unsaturated/α-hetero) is 1. The van der Waals surface area contributed by atoms with Gasteiger partial charge in [0.15, 0.2) is 11.6 Å². The lowest BCUT2D eigenvalue weighted by Gasteiger charge is -2.15. The average molecular weight is 552 g/mol. The van der Waals surface area contributed by atoms with Crippen LogP contribution < -0.4 is 5.73 Å². The van der Waals surface area contributed by atoms with E-state index in [1.54, 1.807) is 25.1 Å². The van der Waals surface area contributed by atoms with Gasteiger partial charge in [-0.25, -0.2) is 4.98 Å². The fourth-order valence-electron chi connectivity index (χ4n) is 4.62. The summed E-state index contributed by atoms with van der Waals surface area (Å²) in [5, 5.41) is 3.52. The fraction of sp³-hybridized carbons (Fsp3) is 0.357. The van der Waals surface area contributed by atoms with Crippen molar-refractivity contribution in [1.82, 2.24) is 19.7 Å². The van der Waals surface area contributed by atoms with Gasteiger partial charge in [0.2, 0.25) is 0 Å². The number of nitrogens with zero attached hydrogens (tertiary/aromatic N) is 4. The zero-order valence-corrected chi connectivity index (χ0v) is 23.4. The van der Waals surface area contributed by atoms with E-state index in [1.165, 1.54) is 6.20 Å². The Balaban J connectivity index is 0.000000379. The highest BCUT2D eigenvalue weighted by atomic mass is 32.2. The molecule has 1 aromatic carbocycles. The van der Waals surface area contributed by atoms with E-state index in [2.05, 4.69) is 17.1 Å². The molecule has 0 unspecified atom stereocenters. The molecule has 10 nitrogen and oxygen atoms in total. The number of aromatic nitrogens is 4. The highest BCUT2D eigenvalue weighted by Crippen LogP contribution is 2.29. The van der Waals surface area contributed by atoms with Gasteiger partial charge >= 0.3 is 0 Å². The van der Waals surface area contributed by atoms with Crippen LogP contribution in [0.15, 0.2) is 45.9 Å². The van der Waals surface area contributed by atoms with Crippen molar-refractivity contribution in [2.75, 3.05) is 5.73 Å². The highest BCUT2D eigenvalue weighted by molar-refractivity contribution is 7.86. The van der Waals surface area contributed by atoms with Gasteiger partial charge in [-0.15, -0.1) is 0 Å². The zero-order chi connectivity index (χ0) is 28.3. The van der Waals surface area contributed by atoms with Crippen molar-refractivity contribution in [3.63, 3.8) is 0 Å². The van der Waals surface area contributed by atoms with E-state index < -0.39 is 10.1 Å². The largest absolute Gasteiger partial charge is 0.381 e. The molecule has 4 aromatic rings. The third-order valence-electron chi connectivity index (χ3n) is 6.79. The Morgan fingerprint density at radius 2 is 1.82 bits per heavy atom. The number of nitrogen functional groups attached to an aromatic ring is 1. The topological polar surface area (TPSA) is 154 Å². The minimum absolute atomic E-state index is 0.148. The Morgan fingerprint density at radius 1 is 1.10 bits per heavy atom. The molecule has 0 amide bonds. The van der Waals surface area contributed by atoms with E-state index in [0.717, 1.165) is 59.8 Å². The molecule has 0 saturated carbocycles. The maximum Gasteiger partial charge on any atom is 0.296 e. The van der Waals surface area contributed by atoms with Crippen molar-refractivity contribution < 1.29 is 22.3 Å². The molecule has 0 saturated heterocycles. The quantitative estimate of drug-likeness (QED) is 0.319. The number of hydrogen-bond donors (Lipinski definition) is 2. The number of nitrogens with two attached hydrogens (primary N) is 1. The summed E-state index contributed by atoms with van der Waals surface area (Å²) in [6.45, 7) is 7.95. The van der Waals surface area contributed by atoms with Gasteiger partial charge in [-0.05, 0) is 57.2 Å². The number of hydrogen-bond acceptors (Lipinski definition) is 8. The van der Waals surface area contributed by atoms with Crippen LogP contribution in [-0.2, 0) is 29.5 Å². The number of imidazole rings is 1. The molecule has 0 spiro atoms. The van der Waals surface area contributed by atoms with Gasteiger partial charge in [0.05, 0.1) is 11.4 Å². The molecule has 11 heteroatoms. The second kappa shape index (κ2) is 11.5. The van der Waals surface area contributed by atoms with Crippen molar-refractivity contribution in [2.24, 2.45) is 0 Å². The number of carbonyl (C=O) groups excluding carboxylic acids is 1. The molecule has 3 N–H and O–H groups in total. The number of fused-ring (bicyclic) bond motifs is 1. The Bertz CT molecular complexity index is 1580. The first-order valence-corrected chi connectivity index (χ1v) is 14.3. The van der Waals surface area contributed by atoms with Gasteiger partial charge in [0.1, 0.15) is 22.2 Å². The second-order valence-corrected chi connectivity index (χ2v) is 11.0. The molecule has 0 radical (unpaired) electrons. The summed E-state index contributed by atoms with van der Waals surface area (Å²) < 4.78 is 40.1. The second-order valence-electron chi connectivity index (χ2n) is 9.66. The first-order chi connectivity index (χ1) is 18.5. The predicted octanol–water partition coefficient (Wildman–Crippen LogP) is 4.89. The standard InChI is InChI=1S/C23H25N3O4S.C5H8N2O/c1-3-5-20-25-18-6-4-7-19(27)22(18)26(20)14-16-8-10-17(11-9-16)21-23(31(28,29)30)15(2)12-13-24-21;1-3-4(2)8-7-5(3)6/h8-13H,3-7,14H2,1-2H3,(H,28,29,30);1-2H3,(H2,6,7). The van der Waals surface area contributed by atoms with Crippen LogP contribution in [0.1, 0.15) is 70.6 Å². The third-order valence-corrected chi connectivity index (χ3v) is 7.83. The summed E-state index contributed by atoms with van der Waals surface area (Å²) >= 11 is 0. The van der Waals surface area contributed by atoms with E-state index in [9.17, 15) is 17.8 Å². The molecule has 0 aliphatic heterocycles. The van der Waals surface area contributed by atoms with E-state index in [-0.39, 0.29) is 16.4 Å². The first-order valence-electron chi connectivity index (χ1n) is 12.8. The monoisotopic (exact) mass is 551 g/mol. The summed E-state index contributed by atoms with van der Waals surface area (Å²) in [5.74, 6) is 2.36. The average Bonchev–Trinajstić information content (AvgIpc) is 3.39. The minimum Gasteiger partial charge on any atom is -0.381 e. The molecule has 1 aliphatic carbocycles. The van der Waals surface area contributed by atoms with Crippen molar-refractivity contribution in [3.05, 3.63) is 76.2 Å². The molecule has 206 valence electrons. The van der Waals surface area contributed by atoms with Crippen molar-refractivity contribution in [3.8, 4) is 11.3 Å². The van der Waals surface area contributed by atoms with Gasteiger partial charge in [-0.1, -0.05) is 36.3 Å². The van der Waals surface area contributed by atoms with Gasteiger partial charge in [-0.3, -0.25) is 14.3 Å². The molecule has 39 heavy (non-hydrogen) atoms. The maximum absolute atomic E-state index is 12.6. The van der Waals surface area contributed by atoms with E-state index >= 15 is 0 Å². The normalized spacial score (nSPS) is 13.1. The van der Waals surface area contributed by atoms with Gasteiger partial charge < -0.3 is 14.8 Å². The Hall–Kier alpha value is -3.83. The van der Waals surface area contributed by atoms with E-state index in [1.807, 2.05) is 30.5 Å². The number of aryl methyl sites for hydroxylation is 4. The van der Waals surface area contributed by atoms with Gasteiger partial charge in [0.25, 0.3) is 10.1 Å². The van der Waals surface area contributed by atoms with Crippen molar-refractivity contribution in [1.29, 1.82) is 0 Å². The number of ketones is 1. The molecule has 0 bridgehead atoms. The van der Waals surface area contributed by atoms with Crippen LogP contribution in [0, 0.1) is 20.8 Å². The first kappa shape index (κ1) is 28.2. The Labute approximate surface area is 228 Å². The molecule has 5 rings (SSSR count). The number of pyridine rings is 1. The number of benzene rings is 1. The number of anilines is 1. The van der Waals surface area contributed by atoms with Crippen molar-refractivity contribution >= 4 is 21.7 Å². The minimum atomic E-state index is -4.40. The third kappa shape index (κ3) is 6.10. The zero-order valence-electron chi connectivity index (χ0n) is 22.6. The lowest BCUT2D eigenvalue weighted by atomic mass is 9.99. The number of rotatable bonds is 6. The highest BCUT2D eigenvalue weighted by Gasteiger charge is 2.26. The lowest BCUT2D eigenvalue weighted by molar-refractivity contribution is 0.0963. The van der Waals surface area contributed by atoms with Crippen LogP contribution in [-0.4, -0.2) is 38.4 Å². The van der Waals surface area contributed by atoms with E-state index in [4.69, 9.17) is 15.2 Å². The van der Waals surface area contributed by atoms with Crippen LogP contribution in [0.2, 0.25) is 0 Å².